The number of hydrogen-bond donors (Lipinski definition) is 2. The van der Waals surface area contributed by atoms with Gasteiger partial charge < -0.3 is 20.7 Å². The highest BCUT2D eigenvalue weighted by molar-refractivity contribution is 5.68. The van der Waals surface area contributed by atoms with Gasteiger partial charge in [0.25, 0.3) is 0 Å². The number of nitrogens with one attached hydrogen (secondary N) is 1. The van der Waals surface area contributed by atoms with Crippen LogP contribution in [0.3, 0.4) is 0 Å². The molecule has 2 heterocycles. The smallest absolute Gasteiger partial charge is 0.410 e. The Labute approximate surface area is 132 Å². The fourth-order valence-corrected chi connectivity index (χ4v) is 2.42. The number of hydrogen-bond acceptors (Lipinski definition) is 5. The number of ether oxygens (including phenoxy) is 1. The lowest BCUT2D eigenvalue weighted by molar-refractivity contribution is 0.0206. The molecule has 0 saturated carbocycles. The van der Waals surface area contributed by atoms with Gasteiger partial charge in [-0.15, -0.1) is 0 Å². The summed E-state index contributed by atoms with van der Waals surface area (Å²) in [5, 5.41) is 3.36. The number of nitrogens with two attached hydrogens (primary N) is 1. The number of likely N-dealkylation sites (tertiary alicyclic amines) is 1. The predicted octanol–water partition coefficient (Wildman–Crippen LogP) is 2.78. The van der Waals surface area contributed by atoms with Gasteiger partial charge in [-0.2, -0.15) is 0 Å². The van der Waals surface area contributed by atoms with Crippen LogP contribution in [0.4, 0.5) is 16.4 Å². The van der Waals surface area contributed by atoms with Gasteiger partial charge in [0.15, 0.2) is 0 Å². The van der Waals surface area contributed by atoms with Crippen molar-refractivity contribution in [2.75, 3.05) is 24.1 Å². The number of nitrogen functional groups attached to an aromatic ring is 1. The van der Waals surface area contributed by atoms with Crippen LogP contribution < -0.4 is 11.1 Å². The molecule has 2 rings (SSSR count). The maximum absolute atomic E-state index is 12.2. The highest BCUT2D eigenvalue weighted by Crippen LogP contribution is 2.19. The van der Waals surface area contributed by atoms with Crippen LogP contribution >= 0.6 is 0 Å². The summed E-state index contributed by atoms with van der Waals surface area (Å²) in [5.41, 5.74) is 6.33. The number of carbonyl (C=O) groups excluding carboxylic acids is 1. The minimum Gasteiger partial charge on any atom is -0.444 e. The molecule has 6 nitrogen and oxygen atoms in total. The van der Waals surface area contributed by atoms with E-state index in [4.69, 9.17) is 10.5 Å². The largest absolute Gasteiger partial charge is 0.444 e. The predicted molar refractivity (Wildman–Crippen MR) is 87.8 cm³/mol. The van der Waals surface area contributed by atoms with Crippen LogP contribution in [-0.4, -0.2) is 40.7 Å². The van der Waals surface area contributed by atoms with Crippen LogP contribution in [-0.2, 0) is 4.74 Å². The fourth-order valence-electron chi connectivity index (χ4n) is 2.42. The van der Waals surface area contributed by atoms with Crippen molar-refractivity contribution in [1.29, 1.82) is 0 Å². The highest BCUT2D eigenvalue weighted by atomic mass is 16.6. The minimum absolute atomic E-state index is 0.163. The second-order valence-corrected chi connectivity index (χ2v) is 6.81. The summed E-state index contributed by atoms with van der Waals surface area (Å²) in [4.78, 5) is 18.2. The van der Waals surface area contributed by atoms with Crippen LogP contribution in [0.1, 0.15) is 39.2 Å². The van der Waals surface area contributed by atoms with Crippen LogP contribution in [0, 0.1) is 6.92 Å². The molecule has 6 heteroatoms. The summed E-state index contributed by atoms with van der Waals surface area (Å²) in [5.74, 6) is 1.28. The van der Waals surface area contributed by atoms with Gasteiger partial charge in [-0.05, 0) is 52.2 Å². The van der Waals surface area contributed by atoms with Crippen molar-refractivity contribution >= 4 is 17.7 Å². The number of nitrogens with zero attached hydrogens (tertiary/aromatic N) is 2. The maximum atomic E-state index is 12.2. The van der Waals surface area contributed by atoms with Gasteiger partial charge in [0.1, 0.15) is 17.2 Å². The number of aryl methyl sites for hydroxylation is 1. The molecule has 0 aromatic carbocycles. The molecule has 1 fully saturated rings. The van der Waals surface area contributed by atoms with E-state index in [-0.39, 0.29) is 12.1 Å². The van der Waals surface area contributed by atoms with E-state index in [1.165, 1.54) is 0 Å². The van der Waals surface area contributed by atoms with Crippen molar-refractivity contribution < 1.29 is 9.53 Å². The summed E-state index contributed by atoms with van der Waals surface area (Å²) in [6.45, 7) is 8.91. The number of rotatable bonds is 2. The molecule has 1 amide bonds. The Hall–Kier alpha value is -1.98. The molecule has 22 heavy (non-hydrogen) atoms. The standard InChI is InChI=1S/C16H26N4O2/c1-11-7-8-13(19-14(11)17)18-12-6-5-9-20(10-12)15(21)22-16(2,3)4/h7-8,12H,5-6,9-10H2,1-4H3,(H3,17,18,19). The van der Waals surface area contributed by atoms with Crippen LogP contribution in [0.5, 0.6) is 0 Å². The minimum atomic E-state index is -0.468. The quantitative estimate of drug-likeness (QED) is 0.878. The first-order chi connectivity index (χ1) is 10.2. The third kappa shape index (κ3) is 4.51. The van der Waals surface area contributed by atoms with E-state index in [0.29, 0.717) is 12.4 Å². The summed E-state index contributed by atoms with van der Waals surface area (Å²) < 4.78 is 5.43. The van der Waals surface area contributed by atoms with E-state index in [1.807, 2.05) is 39.8 Å². The molecule has 0 radical (unpaired) electrons. The first-order valence-corrected chi connectivity index (χ1v) is 7.72. The van der Waals surface area contributed by atoms with Crippen LogP contribution in [0.2, 0.25) is 0 Å². The van der Waals surface area contributed by atoms with Crippen LogP contribution in [0.25, 0.3) is 0 Å². The highest BCUT2D eigenvalue weighted by Gasteiger charge is 2.27. The molecule has 1 saturated heterocycles. The first kappa shape index (κ1) is 16.4. The van der Waals surface area contributed by atoms with Crippen LogP contribution in [0.15, 0.2) is 12.1 Å². The number of amides is 1. The van der Waals surface area contributed by atoms with Gasteiger partial charge in [0.2, 0.25) is 0 Å². The van der Waals surface area contributed by atoms with Gasteiger partial charge in [-0.1, -0.05) is 6.07 Å². The van der Waals surface area contributed by atoms with Crippen molar-refractivity contribution in [3.8, 4) is 0 Å². The topological polar surface area (TPSA) is 80.5 Å². The Morgan fingerprint density at radius 1 is 1.45 bits per heavy atom. The molecular formula is C16H26N4O2. The molecule has 0 aliphatic carbocycles. The number of anilines is 2. The molecule has 1 aromatic heterocycles. The Morgan fingerprint density at radius 3 is 2.82 bits per heavy atom. The number of pyridine rings is 1. The third-order valence-electron chi connectivity index (χ3n) is 3.56. The van der Waals surface area contributed by atoms with Gasteiger partial charge >= 0.3 is 6.09 Å². The molecule has 1 atom stereocenters. The molecule has 1 aromatic rings. The Balaban J connectivity index is 1.95. The molecule has 0 spiro atoms. The summed E-state index contributed by atoms with van der Waals surface area (Å²) in [7, 11) is 0. The summed E-state index contributed by atoms with van der Waals surface area (Å²) in [6.07, 6.45) is 1.68. The van der Waals surface area contributed by atoms with Crippen molar-refractivity contribution in [1.82, 2.24) is 9.88 Å². The lowest BCUT2D eigenvalue weighted by Crippen LogP contribution is -2.47. The zero-order chi connectivity index (χ0) is 16.3. The van der Waals surface area contributed by atoms with E-state index in [2.05, 4.69) is 10.3 Å². The monoisotopic (exact) mass is 306 g/mol. The summed E-state index contributed by atoms with van der Waals surface area (Å²) in [6, 6.07) is 4.02. The molecule has 1 aliphatic rings. The van der Waals surface area contributed by atoms with E-state index < -0.39 is 5.60 Å². The van der Waals surface area contributed by atoms with E-state index in [1.54, 1.807) is 4.90 Å². The Bertz CT molecular complexity index is 539. The zero-order valence-corrected chi connectivity index (χ0v) is 13.8. The van der Waals surface area contributed by atoms with E-state index in [0.717, 1.165) is 30.8 Å². The molecule has 1 aliphatic heterocycles. The van der Waals surface area contributed by atoms with Gasteiger partial charge in [0, 0.05) is 19.1 Å². The van der Waals surface area contributed by atoms with Crippen molar-refractivity contribution in [3.05, 3.63) is 17.7 Å². The van der Waals surface area contributed by atoms with Gasteiger partial charge in [-0.25, -0.2) is 9.78 Å². The lowest BCUT2D eigenvalue weighted by Gasteiger charge is -2.34. The molecule has 3 N–H and O–H groups in total. The van der Waals surface area contributed by atoms with Crippen molar-refractivity contribution in [2.45, 2.75) is 52.2 Å². The van der Waals surface area contributed by atoms with E-state index >= 15 is 0 Å². The second kappa shape index (κ2) is 6.42. The number of piperidine rings is 1. The van der Waals surface area contributed by atoms with Crippen molar-refractivity contribution in [2.24, 2.45) is 0 Å². The SMILES string of the molecule is Cc1ccc(NC2CCCN(C(=O)OC(C)(C)C)C2)nc1N. The third-order valence-corrected chi connectivity index (χ3v) is 3.56. The summed E-state index contributed by atoms with van der Waals surface area (Å²) >= 11 is 0. The fraction of sp³-hybridized carbons (Fsp3) is 0.625. The molecule has 1 unspecified atom stereocenters. The van der Waals surface area contributed by atoms with Gasteiger partial charge in [0.05, 0.1) is 0 Å². The first-order valence-electron chi connectivity index (χ1n) is 7.72. The average molecular weight is 306 g/mol. The number of carbonyl (C=O) groups is 1. The molecular weight excluding hydrogens is 280 g/mol. The zero-order valence-electron chi connectivity index (χ0n) is 13.8. The molecule has 122 valence electrons. The average Bonchev–Trinajstić information content (AvgIpc) is 2.41. The number of aromatic nitrogens is 1. The molecule has 0 bridgehead atoms. The Morgan fingerprint density at radius 2 is 2.18 bits per heavy atom. The lowest BCUT2D eigenvalue weighted by atomic mass is 10.1. The Kier molecular flexibility index (Phi) is 4.78. The second-order valence-electron chi connectivity index (χ2n) is 6.81. The van der Waals surface area contributed by atoms with Crippen molar-refractivity contribution in [3.63, 3.8) is 0 Å². The maximum Gasteiger partial charge on any atom is 0.410 e. The van der Waals surface area contributed by atoms with E-state index in [9.17, 15) is 4.79 Å². The van der Waals surface area contributed by atoms with Gasteiger partial charge in [-0.3, -0.25) is 0 Å². The normalized spacial score (nSPS) is 18.9.